The summed E-state index contributed by atoms with van der Waals surface area (Å²) in [5.74, 6) is -1.33. The van der Waals surface area contributed by atoms with Crippen LogP contribution in [0.2, 0.25) is 10.0 Å². The first-order valence-corrected chi connectivity index (χ1v) is 6.91. The van der Waals surface area contributed by atoms with Gasteiger partial charge >= 0.3 is 12.0 Å². The molecule has 112 valence electrons. The van der Waals surface area contributed by atoms with Gasteiger partial charge in [-0.05, 0) is 25.1 Å². The van der Waals surface area contributed by atoms with Crippen LogP contribution in [0.1, 0.15) is 17.3 Å². The van der Waals surface area contributed by atoms with Crippen molar-refractivity contribution in [2.45, 2.75) is 13.0 Å². The molecule has 1 aliphatic rings. The van der Waals surface area contributed by atoms with Crippen LogP contribution in [0.5, 0.6) is 0 Å². The monoisotopic (exact) mass is 330 g/mol. The fourth-order valence-electron chi connectivity index (χ4n) is 1.83. The molecule has 1 aromatic carbocycles. The molecule has 8 heteroatoms. The Morgan fingerprint density at radius 2 is 2.10 bits per heavy atom. The summed E-state index contributed by atoms with van der Waals surface area (Å²) in [5, 5.41) is 3.01. The molecule has 6 nitrogen and oxygen atoms in total. The second-order valence-electron chi connectivity index (χ2n) is 4.39. The maximum Gasteiger partial charge on any atom is 0.340 e. The van der Waals surface area contributed by atoms with Crippen molar-refractivity contribution >= 4 is 41.1 Å². The van der Waals surface area contributed by atoms with E-state index < -0.39 is 24.0 Å². The highest BCUT2D eigenvalue weighted by Crippen LogP contribution is 2.22. The molecule has 0 aromatic heterocycles. The third-order valence-corrected chi connectivity index (χ3v) is 3.45. The molecule has 0 aliphatic carbocycles. The van der Waals surface area contributed by atoms with E-state index in [1.54, 1.807) is 0 Å². The van der Waals surface area contributed by atoms with Crippen LogP contribution in [0.15, 0.2) is 18.2 Å². The summed E-state index contributed by atoms with van der Waals surface area (Å²) in [6, 6.07) is 3.81. The Labute approximate surface area is 130 Å². The van der Waals surface area contributed by atoms with E-state index in [1.807, 2.05) is 0 Å². The van der Waals surface area contributed by atoms with Crippen LogP contribution >= 0.6 is 23.2 Å². The van der Waals surface area contributed by atoms with Crippen molar-refractivity contribution < 1.29 is 19.1 Å². The zero-order chi connectivity index (χ0) is 15.6. The molecule has 0 unspecified atom stereocenters. The van der Waals surface area contributed by atoms with Gasteiger partial charge in [-0.3, -0.25) is 9.69 Å². The van der Waals surface area contributed by atoms with Gasteiger partial charge in [0, 0.05) is 18.1 Å². The van der Waals surface area contributed by atoms with Crippen LogP contribution in [0, 0.1) is 0 Å². The van der Waals surface area contributed by atoms with Gasteiger partial charge in [0.05, 0.1) is 10.6 Å². The Balaban J connectivity index is 2.05. The molecule has 1 atom stereocenters. The minimum Gasteiger partial charge on any atom is -0.449 e. The van der Waals surface area contributed by atoms with E-state index in [2.05, 4.69) is 5.32 Å². The molecule has 1 saturated heterocycles. The summed E-state index contributed by atoms with van der Waals surface area (Å²) in [6.07, 6.45) is -1.09. The highest BCUT2D eigenvalue weighted by atomic mass is 35.5. The molecule has 3 amide bonds. The maximum atomic E-state index is 12.0. The number of rotatable bonds is 3. The minimum absolute atomic E-state index is 0.103. The zero-order valence-corrected chi connectivity index (χ0v) is 12.6. The van der Waals surface area contributed by atoms with Crippen LogP contribution in [-0.2, 0) is 9.53 Å². The highest BCUT2D eigenvalue weighted by molar-refractivity contribution is 6.36. The van der Waals surface area contributed by atoms with Crippen LogP contribution in [-0.4, -0.2) is 42.0 Å². The summed E-state index contributed by atoms with van der Waals surface area (Å²) >= 11 is 11.6. The number of imide groups is 1. The number of carbonyl (C=O) groups is 3. The molecule has 1 N–H and O–H groups in total. The quantitative estimate of drug-likeness (QED) is 0.861. The topological polar surface area (TPSA) is 75.7 Å². The lowest BCUT2D eigenvalue weighted by molar-refractivity contribution is -0.136. The number of urea groups is 1. The Morgan fingerprint density at radius 3 is 2.67 bits per heavy atom. The van der Waals surface area contributed by atoms with Gasteiger partial charge in [0.2, 0.25) is 0 Å². The zero-order valence-electron chi connectivity index (χ0n) is 11.1. The van der Waals surface area contributed by atoms with E-state index in [9.17, 15) is 14.4 Å². The minimum atomic E-state index is -1.09. The number of nitrogens with one attached hydrogen (secondary N) is 1. The number of ether oxygens (including phenoxy) is 1. The lowest BCUT2D eigenvalue weighted by atomic mass is 10.2. The first-order chi connectivity index (χ1) is 9.90. The second kappa shape index (κ2) is 6.32. The smallest absolute Gasteiger partial charge is 0.340 e. The lowest BCUT2D eigenvalue weighted by Crippen LogP contribution is -2.41. The van der Waals surface area contributed by atoms with E-state index in [0.29, 0.717) is 11.6 Å². The molecule has 0 bridgehead atoms. The number of nitrogens with zero attached hydrogens (tertiary/aromatic N) is 1. The van der Waals surface area contributed by atoms with Gasteiger partial charge in [0.25, 0.3) is 5.91 Å². The number of hydrogen-bond donors (Lipinski definition) is 1. The molecule has 0 radical (unpaired) electrons. The number of carbonyl (C=O) groups excluding carboxylic acids is 3. The second-order valence-corrected chi connectivity index (χ2v) is 5.24. The van der Waals surface area contributed by atoms with Crippen LogP contribution in [0.3, 0.4) is 0 Å². The van der Waals surface area contributed by atoms with Gasteiger partial charge in [0.1, 0.15) is 0 Å². The van der Waals surface area contributed by atoms with Gasteiger partial charge in [0.15, 0.2) is 6.10 Å². The average molecular weight is 331 g/mol. The largest absolute Gasteiger partial charge is 0.449 e. The van der Waals surface area contributed by atoms with Gasteiger partial charge in [-0.25, -0.2) is 9.59 Å². The Kier molecular flexibility index (Phi) is 4.69. The molecule has 0 saturated carbocycles. The van der Waals surface area contributed by atoms with Crippen molar-refractivity contribution in [1.29, 1.82) is 0 Å². The Hall–Kier alpha value is -1.79. The van der Waals surface area contributed by atoms with E-state index in [0.717, 1.165) is 4.90 Å². The van der Waals surface area contributed by atoms with Gasteiger partial charge in [-0.1, -0.05) is 23.2 Å². The summed E-state index contributed by atoms with van der Waals surface area (Å²) in [6.45, 7) is 2.03. The fourth-order valence-corrected chi connectivity index (χ4v) is 2.32. The molecule has 2 rings (SSSR count). The average Bonchev–Trinajstić information content (AvgIpc) is 2.83. The van der Waals surface area contributed by atoms with E-state index >= 15 is 0 Å². The maximum absolute atomic E-state index is 12.0. The third kappa shape index (κ3) is 3.46. The molecular weight excluding hydrogens is 319 g/mol. The van der Waals surface area contributed by atoms with Crippen molar-refractivity contribution in [2.75, 3.05) is 13.1 Å². The van der Waals surface area contributed by atoms with Crippen molar-refractivity contribution in [3.05, 3.63) is 33.8 Å². The molecule has 0 spiro atoms. The first kappa shape index (κ1) is 15.6. The molecule has 21 heavy (non-hydrogen) atoms. The van der Waals surface area contributed by atoms with E-state index in [-0.39, 0.29) is 17.1 Å². The van der Waals surface area contributed by atoms with Crippen molar-refractivity contribution in [3.63, 3.8) is 0 Å². The molecule has 1 fully saturated rings. The highest BCUT2D eigenvalue weighted by Gasteiger charge is 2.32. The normalized spacial score (nSPS) is 15.6. The predicted octanol–water partition coefficient (Wildman–Crippen LogP) is 2.09. The van der Waals surface area contributed by atoms with E-state index in [1.165, 1.54) is 25.1 Å². The summed E-state index contributed by atoms with van der Waals surface area (Å²) < 4.78 is 5.04. The standard InChI is InChI=1S/C13H12Cl2N2O4/c1-7(11(18)17-5-4-16-13(17)20)21-12(19)9-3-2-8(14)6-10(9)15/h2-3,6-7H,4-5H2,1H3,(H,16,20)/t7-/m1/s1. The lowest BCUT2D eigenvalue weighted by Gasteiger charge is -2.18. The first-order valence-electron chi connectivity index (χ1n) is 6.15. The van der Waals surface area contributed by atoms with Crippen molar-refractivity contribution in [2.24, 2.45) is 0 Å². The predicted molar refractivity (Wildman–Crippen MR) is 76.5 cm³/mol. The Morgan fingerprint density at radius 1 is 1.38 bits per heavy atom. The fraction of sp³-hybridized carbons (Fsp3) is 0.308. The van der Waals surface area contributed by atoms with Crippen LogP contribution in [0.25, 0.3) is 0 Å². The number of amides is 3. The van der Waals surface area contributed by atoms with Crippen LogP contribution in [0.4, 0.5) is 4.79 Å². The molecular formula is C13H12Cl2N2O4. The van der Waals surface area contributed by atoms with E-state index in [4.69, 9.17) is 27.9 Å². The summed E-state index contributed by atoms with van der Waals surface area (Å²) in [5.41, 5.74) is 0.103. The molecule has 1 aliphatic heterocycles. The third-order valence-electron chi connectivity index (χ3n) is 2.91. The molecule has 1 heterocycles. The van der Waals surface area contributed by atoms with Crippen molar-refractivity contribution in [3.8, 4) is 0 Å². The van der Waals surface area contributed by atoms with Crippen molar-refractivity contribution in [1.82, 2.24) is 10.2 Å². The molecule has 1 aromatic rings. The van der Waals surface area contributed by atoms with Gasteiger partial charge in [-0.2, -0.15) is 0 Å². The number of halogens is 2. The van der Waals surface area contributed by atoms with Gasteiger partial charge in [-0.15, -0.1) is 0 Å². The van der Waals surface area contributed by atoms with Gasteiger partial charge < -0.3 is 10.1 Å². The number of esters is 1. The summed E-state index contributed by atoms with van der Waals surface area (Å²) in [4.78, 5) is 36.3. The number of hydrogen-bond acceptors (Lipinski definition) is 4. The SMILES string of the molecule is C[C@@H](OC(=O)c1ccc(Cl)cc1Cl)C(=O)N1CCNC1=O. The number of benzene rings is 1. The van der Waals surface area contributed by atoms with Crippen LogP contribution < -0.4 is 5.32 Å². The summed E-state index contributed by atoms with van der Waals surface area (Å²) in [7, 11) is 0. The Bertz CT molecular complexity index is 606.